The smallest absolute Gasteiger partial charge is 0.0916 e. The SMILES string of the molecule is CC(C)(C)[C@](C)(O)c1ccccc1. The molecule has 1 N–H and O–H groups in total. The molecule has 0 aliphatic rings. The number of aliphatic hydroxyl groups is 1. The first-order valence-electron chi connectivity index (χ1n) is 4.63. The molecular weight excluding hydrogens is 160 g/mol. The van der Waals surface area contributed by atoms with Crippen molar-refractivity contribution in [3.05, 3.63) is 35.9 Å². The van der Waals surface area contributed by atoms with Crippen LogP contribution in [0.5, 0.6) is 0 Å². The predicted octanol–water partition coefficient (Wildman–Crippen LogP) is 2.94. The summed E-state index contributed by atoms with van der Waals surface area (Å²) in [4.78, 5) is 0. The average molecular weight is 178 g/mol. The summed E-state index contributed by atoms with van der Waals surface area (Å²) in [6.07, 6.45) is 0. The fraction of sp³-hybridized carbons (Fsp3) is 0.500. The van der Waals surface area contributed by atoms with Gasteiger partial charge in [0.1, 0.15) is 0 Å². The third-order valence-electron chi connectivity index (χ3n) is 2.80. The van der Waals surface area contributed by atoms with E-state index in [0.29, 0.717) is 0 Å². The van der Waals surface area contributed by atoms with Crippen LogP contribution in [0.1, 0.15) is 33.3 Å². The van der Waals surface area contributed by atoms with Crippen molar-refractivity contribution in [1.29, 1.82) is 0 Å². The Bertz CT molecular complexity index is 267. The number of hydrogen-bond acceptors (Lipinski definition) is 1. The lowest BCUT2D eigenvalue weighted by atomic mass is 9.74. The minimum atomic E-state index is -0.770. The van der Waals surface area contributed by atoms with Crippen LogP contribution >= 0.6 is 0 Å². The van der Waals surface area contributed by atoms with Crippen molar-refractivity contribution < 1.29 is 5.11 Å². The predicted molar refractivity (Wildman–Crippen MR) is 55.5 cm³/mol. The van der Waals surface area contributed by atoms with Gasteiger partial charge in [0.15, 0.2) is 0 Å². The standard InChI is InChI=1S/C12H18O/c1-11(2,3)12(4,13)10-8-6-5-7-9-10/h5-9,13H,1-4H3/t12-/m1/s1. The van der Waals surface area contributed by atoms with Crippen LogP contribution in [0.2, 0.25) is 0 Å². The second-order valence-electron chi connectivity index (χ2n) is 4.69. The summed E-state index contributed by atoms with van der Waals surface area (Å²) in [6, 6.07) is 9.80. The molecule has 72 valence electrons. The molecule has 13 heavy (non-hydrogen) atoms. The highest BCUT2D eigenvalue weighted by Gasteiger charge is 2.36. The second-order valence-corrected chi connectivity index (χ2v) is 4.69. The van der Waals surface area contributed by atoms with Gasteiger partial charge in [-0.2, -0.15) is 0 Å². The van der Waals surface area contributed by atoms with Crippen molar-refractivity contribution in [3.8, 4) is 0 Å². The molecule has 0 saturated carbocycles. The molecule has 0 heterocycles. The van der Waals surface area contributed by atoms with Crippen LogP contribution in [0.25, 0.3) is 0 Å². The largest absolute Gasteiger partial charge is 0.385 e. The first-order valence-corrected chi connectivity index (χ1v) is 4.63. The lowest BCUT2D eigenvalue weighted by Gasteiger charge is -2.37. The van der Waals surface area contributed by atoms with Gasteiger partial charge in [-0.3, -0.25) is 0 Å². The molecule has 0 aromatic heterocycles. The van der Waals surface area contributed by atoms with E-state index in [1.807, 2.05) is 58.0 Å². The lowest BCUT2D eigenvalue weighted by molar-refractivity contribution is -0.0470. The Morgan fingerprint density at radius 2 is 1.38 bits per heavy atom. The molecule has 0 aliphatic heterocycles. The van der Waals surface area contributed by atoms with Gasteiger partial charge in [-0.15, -0.1) is 0 Å². The zero-order chi connectivity index (χ0) is 10.1. The minimum Gasteiger partial charge on any atom is -0.385 e. The van der Waals surface area contributed by atoms with Gasteiger partial charge in [0.05, 0.1) is 5.60 Å². The third kappa shape index (κ3) is 1.92. The van der Waals surface area contributed by atoms with Crippen molar-refractivity contribution in [2.45, 2.75) is 33.3 Å². The molecule has 0 bridgehead atoms. The van der Waals surface area contributed by atoms with Gasteiger partial charge in [-0.25, -0.2) is 0 Å². The van der Waals surface area contributed by atoms with Gasteiger partial charge in [0.2, 0.25) is 0 Å². The van der Waals surface area contributed by atoms with Crippen LogP contribution in [0.3, 0.4) is 0 Å². The first-order chi connectivity index (χ1) is 5.86. The number of rotatable bonds is 1. The summed E-state index contributed by atoms with van der Waals surface area (Å²) in [6.45, 7) is 7.99. The average Bonchev–Trinajstić information content (AvgIpc) is 2.04. The Kier molecular flexibility index (Phi) is 2.49. The Morgan fingerprint density at radius 1 is 0.923 bits per heavy atom. The Morgan fingerprint density at radius 3 is 1.77 bits per heavy atom. The quantitative estimate of drug-likeness (QED) is 0.701. The zero-order valence-corrected chi connectivity index (χ0v) is 8.83. The molecule has 1 nitrogen and oxygen atoms in total. The van der Waals surface area contributed by atoms with Gasteiger partial charge in [0, 0.05) is 0 Å². The Labute approximate surface area is 80.4 Å². The van der Waals surface area contributed by atoms with E-state index in [0.717, 1.165) is 5.56 Å². The maximum Gasteiger partial charge on any atom is 0.0916 e. The van der Waals surface area contributed by atoms with Gasteiger partial charge in [0.25, 0.3) is 0 Å². The van der Waals surface area contributed by atoms with E-state index in [1.165, 1.54) is 0 Å². The van der Waals surface area contributed by atoms with Gasteiger partial charge in [-0.05, 0) is 17.9 Å². The third-order valence-corrected chi connectivity index (χ3v) is 2.80. The number of benzene rings is 1. The summed E-state index contributed by atoms with van der Waals surface area (Å²) < 4.78 is 0. The maximum absolute atomic E-state index is 10.3. The highest BCUT2D eigenvalue weighted by atomic mass is 16.3. The van der Waals surface area contributed by atoms with Crippen molar-refractivity contribution in [2.75, 3.05) is 0 Å². The Hall–Kier alpha value is -0.820. The normalized spacial score (nSPS) is 16.7. The molecule has 0 spiro atoms. The topological polar surface area (TPSA) is 20.2 Å². The zero-order valence-electron chi connectivity index (χ0n) is 8.83. The van der Waals surface area contributed by atoms with Gasteiger partial charge in [-0.1, -0.05) is 51.1 Å². The van der Waals surface area contributed by atoms with Crippen LogP contribution in [0.15, 0.2) is 30.3 Å². The Balaban J connectivity index is 3.08. The monoisotopic (exact) mass is 178 g/mol. The highest BCUT2D eigenvalue weighted by Crippen LogP contribution is 2.38. The van der Waals surface area contributed by atoms with Gasteiger partial charge < -0.3 is 5.11 Å². The van der Waals surface area contributed by atoms with E-state index >= 15 is 0 Å². The van der Waals surface area contributed by atoms with Crippen molar-refractivity contribution in [1.82, 2.24) is 0 Å². The van der Waals surface area contributed by atoms with Crippen LogP contribution < -0.4 is 0 Å². The van der Waals surface area contributed by atoms with Crippen molar-refractivity contribution in [2.24, 2.45) is 5.41 Å². The number of hydrogen-bond donors (Lipinski definition) is 1. The molecule has 1 aromatic rings. The fourth-order valence-corrected chi connectivity index (χ4v) is 1.20. The van der Waals surface area contributed by atoms with E-state index < -0.39 is 5.60 Å². The van der Waals surface area contributed by atoms with Crippen molar-refractivity contribution >= 4 is 0 Å². The fourth-order valence-electron chi connectivity index (χ4n) is 1.20. The van der Waals surface area contributed by atoms with Crippen molar-refractivity contribution in [3.63, 3.8) is 0 Å². The van der Waals surface area contributed by atoms with Crippen LogP contribution in [-0.2, 0) is 5.60 Å². The molecule has 0 unspecified atom stereocenters. The van der Waals surface area contributed by atoms with E-state index in [9.17, 15) is 5.11 Å². The van der Waals surface area contributed by atoms with E-state index in [2.05, 4.69) is 0 Å². The van der Waals surface area contributed by atoms with E-state index in [4.69, 9.17) is 0 Å². The molecule has 0 radical (unpaired) electrons. The molecule has 1 heteroatoms. The molecule has 0 fully saturated rings. The second kappa shape index (κ2) is 3.15. The summed E-state index contributed by atoms with van der Waals surface area (Å²) in [5.74, 6) is 0. The molecule has 1 rings (SSSR count). The molecule has 0 saturated heterocycles. The van der Waals surface area contributed by atoms with Crippen LogP contribution in [0.4, 0.5) is 0 Å². The van der Waals surface area contributed by atoms with Crippen LogP contribution in [-0.4, -0.2) is 5.11 Å². The van der Waals surface area contributed by atoms with Crippen LogP contribution in [0, 0.1) is 5.41 Å². The maximum atomic E-state index is 10.3. The molecule has 0 aliphatic carbocycles. The lowest BCUT2D eigenvalue weighted by Crippen LogP contribution is -2.36. The van der Waals surface area contributed by atoms with Gasteiger partial charge >= 0.3 is 0 Å². The molecule has 1 aromatic carbocycles. The summed E-state index contributed by atoms with van der Waals surface area (Å²) >= 11 is 0. The summed E-state index contributed by atoms with van der Waals surface area (Å²) in [7, 11) is 0. The highest BCUT2D eigenvalue weighted by molar-refractivity contribution is 5.23. The van der Waals surface area contributed by atoms with E-state index in [1.54, 1.807) is 0 Å². The minimum absolute atomic E-state index is 0.144. The molecule has 1 atom stereocenters. The first kappa shape index (κ1) is 10.3. The molecular formula is C12H18O. The summed E-state index contributed by atoms with van der Waals surface area (Å²) in [5, 5.41) is 10.3. The van der Waals surface area contributed by atoms with E-state index in [-0.39, 0.29) is 5.41 Å². The molecule has 0 amide bonds. The summed E-state index contributed by atoms with van der Waals surface area (Å²) in [5.41, 5.74) is 0.0605.